The van der Waals surface area contributed by atoms with E-state index in [0.29, 0.717) is 5.52 Å². The average molecular weight is 400 g/mol. The van der Waals surface area contributed by atoms with Crippen molar-refractivity contribution < 1.29 is 21.6 Å². The van der Waals surface area contributed by atoms with Crippen LogP contribution in [0.5, 0.6) is 0 Å². The van der Waals surface area contributed by atoms with Gasteiger partial charge in [0.1, 0.15) is 0 Å². The first kappa shape index (κ1) is 18.8. The van der Waals surface area contributed by atoms with Gasteiger partial charge in [-0.15, -0.1) is 0 Å². The molecule has 11 heteroatoms. The van der Waals surface area contributed by atoms with Crippen LogP contribution in [0.2, 0.25) is 0 Å². The summed E-state index contributed by atoms with van der Waals surface area (Å²) in [7, 11) is -6.90. The van der Waals surface area contributed by atoms with Crippen LogP contribution < -0.4 is 0 Å². The Labute approximate surface area is 152 Å². The number of hydrogen-bond donors (Lipinski definition) is 0. The van der Waals surface area contributed by atoms with Crippen LogP contribution in [0.4, 0.5) is 0 Å². The van der Waals surface area contributed by atoms with Crippen LogP contribution in [0.15, 0.2) is 29.6 Å². The lowest BCUT2D eigenvalue weighted by molar-refractivity contribution is 0.0694. The third-order valence-corrected chi connectivity index (χ3v) is 7.17. The predicted octanol–water partition coefficient (Wildman–Crippen LogP) is -0.155. The highest BCUT2D eigenvalue weighted by atomic mass is 32.2. The molecule has 0 radical (unpaired) electrons. The van der Waals surface area contributed by atoms with Crippen LogP contribution in [0.3, 0.4) is 0 Å². The number of piperazine rings is 1. The van der Waals surface area contributed by atoms with Gasteiger partial charge in [0.05, 0.1) is 11.3 Å². The molecule has 1 fully saturated rings. The SMILES string of the molecule is CCS(=O)(=O)N1CCN(C(=O)c2nc(S(C)(=O)=O)n3ccccc23)CC1. The molecule has 0 saturated carbocycles. The minimum atomic E-state index is -3.61. The number of amides is 1. The van der Waals surface area contributed by atoms with Gasteiger partial charge in [0.15, 0.2) is 5.69 Å². The molecule has 26 heavy (non-hydrogen) atoms. The highest BCUT2D eigenvalue weighted by molar-refractivity contribution is 7.90. The molecule has 9 nitrogen and oxygen atoms in total. The standard InChI is InChI=1S/C15H20N4O5S2/c1-3-26(23,24)18-10-8-17(9-11-18)14(20)13-12-6-4-5-7-19(12)15(16-13)25(2,21)22/h4-7H,3,8-11H2,1-2H3. The van der Waals surface area contributed by atoms with Crippen LogP contribution in [0.1, 0.15) is 17.4 Å². The zero-order valence-corrected chi connectivity index (χ0v) is 16.1. The maximum absolute atomic E-state index is 12.9. The monoisotopic (exact) mass is 400 g/mol. The molecular weight excluding hydrogens is 380 g/mol. The summed E-state index contributed by atoms with van der Waals surface area (Å²) in [5, 5.41) is -0.191. The fraction of sp³-hybridized carbons (Fsp3) is 0.467. The minimum absolute atomic E-state index is 0.0182. The molecule has 1 aliphatic rings. The summed E-state index contributed by atoms with van der Waals surface area (Å²) in [6.07, 6.45) is 2.58. The Bertz CT molecular complexity index is 1050. The molecule has 1 amide bonds. The fourth-order valence-corrected chi connectivity index (χ4v) is 4.79. The Morgan fingerprint density at radius 2 is 1.77 bits per heavy atom. The van der Waals surface area contributed by atoms with E-state index in [1.807, 2.05) is 0 Å². The Morgan fingerprint density at radius 3 is 2.35 bits per heavy atom. The largest absolute Gasteiger partial charge is 0.335 e. The number of fused-ring (bicyclic) bond motifs is 1. The van der Waals surface area contributed by atoms with E-state index in [9.17, 15) is 21.6 Å². The lowest BCUT2D eigenvalue weighted by Gasteiger charge is -2.33. The number of carbonyl (C=O) groups is 1. The Balaban J connectivity index is 1.90. The van der Waals surface area contributed by atoms with Gasteiger partial charge in [-0.1, -0.05) is 6.07 Å². The van der Waals surface area contributed by atoms with E-state index in [-0.39, 0.29) is 42.8 Å². The zero-order valence-electron chi connectivity index (χ0n) is 14.5. The topological polar surface area (TPSA) is 109 Å². The molecule has 0 aromatic carbocycles. The molecule has 0 spiro atoms. The van der Waals surface area contributed by atoms with Crippen molar-refractivity contribution in [3.63, 3.8) is 0 Å². The molecule has 142 valence electrons. The van der Waals surface area contributed by atoms with Gasteiger partial charge in [0.2, 0.25) is 25.0 Å². The van der Waals surface area contributed by atoms with Crippen LogP contribution in [0.25, 0.3) is 5.52 Å². The molecule has 3 heterocycles. The number of imidazole rings is 1. The molecule has 0 unspecified atom stereocenters. The van der Waals surface area contributed by atoms with E-state index >= 15 is 0 Å². The fourth-order valence-electron chi connectivity index (χ4n) is 2.93. The number of rotatable bonds is 4. The number of aromatic nitrogens is 2. The van der Waals surface area contributed by atoms with Crippen molar-refractivity contribution in [3.8, 4) is 0 Å². The molecule has 0 bridgehead atoms. The maximum Gasteiger partial charge on any atom is 0.274 e. The summed E-state index contributed by atoms with van der Waals surface area (Å²) >= 11 is 0. The molecule has 1 aliphatic heterocycles. The van der Waals surface area contributed by atoms with E-state index in [1.54, 1.807) is 31.3 Å². The van der Waals surface area contributed by atoms with Crippen LogP contribution in [-0.4, -0.2) is 79.5 Å². The van der Waals surface area contributed by atoms with E-state index < -0.39 is 25.8 Å². The second-order valence-electron chi connectivity index (χ2n) is 6.06. The molecule has 2 aromatic heterocycles. The van der Waals surface area contributed by atoms with Gasteiger partial charge in [0, 0.05) is 38.6 Å². The van der Waals surface area contributed by atoms with Gasteiger partial charge >= 0.3 is 0 Å². The second kappa shape index (κ2) is 6.63. The van der Waals surface area contributed by atoms with Crippen molar-refractivity contribution in [2.45, 2.75) is 12.1 Å². The number of nitrogens with zero attached hydrogens (tertiary/aromatic N) is 4. The molecule has 2 aromatic rings. The number of sulfonamides is 1. The molecule has 0 atom stereocenters. The quantitative estimate of drug-likeness (QED) is 0.706. The first-order chi connectivity index (χ1) is 12.1. The first-order valence-corrected chi connectivity index (χ1v) is 11.6. The third kappa shape index (κ3) is 3.33. The summed E-state index contributed by atoms with van der Waals surface area (Å²) in [6, 6.07) is 4.99. The molecular formula is C15H20N4O5S2. The summed E-state index contributed by atoms with van der Waals surface area (Å²) in [6.45, 7) is 2.48. The van der Waals surface area contributed by atoms with Crippen molar-refractivity contribution in [1.82, 2.24) is 18.6 Å². The summed E-state index contributed by atoms with van der Waals surface area (Å²) in [5.74, 6) is -0.387. The third-order valence-electron chi connectivity index (χ3n) is 4.33. The lowest BCUT2D eigenvalue weighted by Crippen LogP contribution is -2.51. The molecule has 0 N–H and O–H groups in total. The predicted molar refractivity (Wildman–Crippen MR) is 95.2 cm³/mol. The van der Waals surface area contributed by atoms with E-state index in [1.165, 1.54) is 13.6 Å². The number of pyridine rings is 1. The average Bonchev–Trinajstić information content (AvgIpc) is 3.01. The van der Waals surface area contributed by atoms with E-state index in [0.717, 1.165) is 6.26 Å². The number of carbonyl (C=O) groups excluding carboxylic acids is 1. The lowest BCUT2D eigenvalue weighted by atomic mass is 10.2. The van der Waals surface area contributed by atoms with Gasteiger partial charge in [-0.2, -0.15) is 4.31 Å². The van der Waals surface area contributed by atoms with Gasteiger partial charge in [-0.25, -0.2) is 21.8 Å². The van der Waals surface area contributed by atoms with Crippen LogP contribution in [-0.2, 0) is 19.9 Å². The van der Waals surface area contributed by atoms with Crippen LogP contribution in [0, 0.1) is 0 Å². The summed E-state index contributed by atoms with van der Waals surface area (Å²) < 4.78 is 50.5. The van der Waals surface area contributed by atoms with Gasteiger partial charge in [-0.05, 0) is 19.1 Å². The normalized spacial score (nSPS) is 16.9. The summed E-state index contributed by atoms with van der Waals surface area (Å²) in [4.78, 5) is 18.4. The molecule has 0 aliphatic carbocycles. The zero-order chi connectivity index (χ0) is 19.1. The summed E-state index contributed by atoms with van der Waals surface area (Å²) in [5.41, 5.74) is 0.458. The molecule has 3 rings (SSSR count). The van der Waals surface area contributed by atoms with Crippen molar-refractivity contribution >= 4 is 31.3 Å². The minimum Gasteiger partial charge on any atom is -0.335 e. The maximum atomic E-state index is 12.9. The van der Waals surface area contributed by atoms with Gasteiger partial charge in [0.25, 0.3) is 5.91 Å². The number of hydrogen-bond acceptors (Lipinski definition) is 6. The Hall–Kier alpha value is -1.98. The van der Waals surface area contributed by atoms with E-state index in [4.69, 9.17) is 0 Å². The number of sulfone groups is 1. The highest BCUT2D eigenvalue weighted by Gasteiger charge is 2.31. The first-order valence-electron chi connectivity index (χ1n) is 8.09. The van der Waals surface area contributed by atoms with Crippen LogP contribution >= 0.6 is 0 Å². The van der Waals surface area contributed by atoms with Gasteiger partial charge < -0.3 is 4.90 Å². The Morgan fingerprint density at radius 1 is 1.12 bits per heavy atom. The molecule has 1 saturated heterocycles. The van der Waals surface area contributed by atoms with Crippen molar-refractivity contribution in [2.75, 3.05) is 38.2 Å². The van der Waals surface area contributed by atoms with Crippen molar-refractivity contribution in [1.29, 1.82) is 0 Å². The van der Waals surface area contributed by atoms with Crippen molar-refractivity contribution in [2.24, 2.45) is 0 Å². The van der Waals surface area contributed by atoms with Gasteiger partial charge in [-0.3, -0.25) is 9.20 Å². The van der Waals surface area contributed by atoms with E-state index in [2.05, 4.69) is 4.98 Å². The smallest absolute Gasteiger partial charge is 0.274 e. The highest BCUT2D eigenvalue weighted by Crippen LogP contribution is 2.19. The Kier molecular flexibility index (Phi) is 4.80. The van der Waals surface area contributed by atoms with Crippen molar-refractivity contribution in [3.05, 3.63) is 30.1 Å². The second-order valence-corrected chi connectivity index (χ2v) is 10.2.